The number of amides is 1. The summed E-state index contributed by atoms with van der Waals surface area (Å²) >= 11 is 0. The fraction of sp³-hybridized carbons (Fsp3) is 0.857. The van der Waals surface area contributed by atoms with Crippen molar-refractivity contribution in [3.05, 3.63) is 0 Å². The van der Waals surface area contributed by atoms with Crippen LogP contribution in [0.1, 0.15) is 44.9 Å². The van der Waals surface area contributed by atoms with Gasteiger partial charge in [-0.15, -0.1) is 0 Å². The van der Waals surface area contributed by atoms with Gasteiger partial charge in [-0.25, -0.2) is 0 Å². The highest BCUT2D eigenvalue weighted by molar-refractivity contribution is 5.76. The third-order valence-electron chi connectivity index (χ3n) is 4.15. The maximum absolute atomic E-state index is 11.7. The first-order valence-electron chi connectivity index (χ1n) is 7.39. The smallest absolute Gasteiger partial charge is 0.306 e. The summed E-state index contributed by atoms with van der Waals surface area (Å²) in [7, 11) is 0. The minimum absolute atomic E-state index is 0.0304. The molecule has 0 aliphatic heterocycles. The first kappa shape index (κ1) is 14.3. The molecule has 0 aromatic heterocycles. The molecule has 0 aromatic carbocycles. The van der Waals surface area contributed by atoms with Crippen molar-refractivity contribution >= 4 is 11.9 Å². The lowest BCUT2D eigenvalue weighted by molar-refractivity contribution is -0.145. The van der Waals surface area contributed by atoms with Gasteiger partial charge in [0, 0.05) is 25.6 Å². The van der Waals surface area contributed by atoms with Crippen LogP contribution in [0, 0.1) is 11.8 Å². The highest BCUT2D eigenvalue weighted by atomic mass is 16.4. The molecule has 2 unspecified atom stereocenters. The first-order valence-corrected chi connectivity index (χ1v) is 7.39. The van der Waals surface area contributed by atoms with Crippen molar-refractivity contribution in [2.75, 3.05) is 13.1 Å². The molecule has 0 radical (unpaired) electrons. The fourth-order valence-electron chi connectivity index (χ4n) is 2.79. The van der Waals surface area contributed by atoms with Crippen LogP contribution in [0.15, 0.2) is 0 Å². The Hall–Kier alpha value is -1.10. The van der Waals surface area contributed by atoms with Crippen molar-refractivity contribution in [3.8, 4) is 0 Å². The summed E-state index contributed by atoms with van der Waals surface area (Å²) in [6, 6.07) is 0.627. The molecule has 2 atom stereocenters. The molecule has 0 spiro atoms. The summed E-state index contributed by atoms with van der Waals surface area (Å²) in [5.74, 6) is -0.859. The lowest BCUT2D eigenvalue weighted by atomic mass is 9.79. The van der Waals surface area contributed by atoms with Crippen LogP contribution < -0.4 is 10.6 Å². The van der Waals surface area contributed by atoms with Gasteiger partial charge in [-0.1, -0.05) is 12.8 Å². The number of hydrogen-bond donors (Lipinski definition) is 3. The van der Waals surface area contributed by atoms with Crippen LogP contribution >= 0.6 is 0 Å². The van der Waals surface area contributed by atoms with E-state index in [1.54, 1.807) is 0 Å². The molecule has 2 rings (SSSR count). The molecular formula is C14H24N2O3. The van der Waals surface area contributed by atoms with Gasteiger partial charge in [-0.3, -0.25) is 9.59 Å². The molecule has 108 valence electrons. The van der Waals surface area contributed by atoms with E-state index in [-0.39, 0.29) is 17.7 Å². The summed E-state index contributed by atoms with van der Waals surface area (Å²) in [6.07, 6.45) is 6.67. The Labute approximate surface area is 114 Å². The normalized spacial score (nSPS) is 26.9. The average Bonchev–Trinajstić information content (AvgIpc) is 3.20. The molecule has 0 heterocycles. The second kappa shape index (κ2) is 6.89. The second-order valence-corrected chi connectivity index (χ2v) is 5.77. The van der Waals surface area contributed by atoms with E-state index >= 15 is 0 Å². The van der Waals surface area contributed by atoms with E-state index in [0.29, 0.717) is 19.0 Å². The van der Waals surface area contributed by atoms with Gasteiger partial charge in [-0.05, 0) is 31.6 Å². The second-order valence-electron chi connectivity index (χ2n) is 5.77. The number of carboxylic acid groups (broad SMARTS) is 1. The number of carbonyl (C=O) groups is 2. The molecule has 0 saturated heterocycles. The topological polar surface area (TPSA) is 78.4 Å². The standard InChI is InChI=1S/C14H24N2O3/c17-13(7-8-15-11-5-6-11)16-9-10-3-1-2-4-12(10)14(18)19/h10-12,15H,1-9H2,(H,16,17)(H,18,19). The molecule has 19 heavy (non-hydrogen) atoms. The zero-order chi connectivity index (χ0) is 13.7. The number of aliphatic carboxylic acids is 1. The Morgan fingerprint density at radius 1 is 1.11 bits per heavy atom. The van der Waals surface area contributed by atoms with Crippen molar-refractivity contribution in [2.45, 2.75) is 51.0 Å². The molecule has 2 fully saturated rings. The van der Waals surface area contributed by atoms with E-state index in [9.17, 15) is 9.59 Å². The number of carboxylic acids is 1. The van der Waals surface area contributed by atoms with E-state index in [1.807, 2.05) is 0 Å². The van der Waals surface area contributed by atoms with Crippen molar-refractivity contribution < 1.29 is 14.7 Å². The highest BCUT2D eigenvalue weighted by Crippen LogP contribution is 2.29. The molecule has 2 aliphatic carbocycles. The Morgan fingerprint density at radius 2 is 1.84 bits per heavy atom. The zero-order valence-corrected chi connectivity index (χ0v) is 11.4. The molecule has 2 aliphatic rings. The van der Waals surface area contributed by atoms with Crippen LogP contribution in [0.5, 0.6) is 0 Å². The predicted molar refractivity (Wildman–Crippen MR) is 71.7 cm³/mol. The minimum atomic E-state index is -0.714. The molecule has 1 amide bonds. The highest BCUT2D eigenvalue weighted by Gasteiger charge is 2.30. The van der Waals surface area contributed by atoms with E-state index in [1.165, 1.54) is 12.8 Å². The van der Waals surface area contributed by atoms with Gasteiger partial charge in [0.15, 0.2) is 0 Å². The molecule has 5 heteroatoms. The molecular weight excluding hydrogens is 244 g/mol. The van der Waals surface area contributed by atoms with E-state index in [2.05, 4.69) is 10.6 Å². The van der Waals surface area contributed by atoms with Crippen LogP contribution in [0.25, 0.3) is 0 Å². The van der Waals surface area contributed by atoms with Gasteiger partial charge in [0.2, 0.25) is 5.91 Å². The van der Waals surface area contributed by atoms with Gasteiger partial charge in [-0.2, -0.15) is 0 Å². The maximum Gasteiger partial charge on any atom is 0.306 e. The fourth-order valence-corrected chi connectivity index (χ4v) is 2.79. The zero-order valence-electron chi connectivity index (χ0n) is 11.4. The molecule has 0 bridgehead atoms. The average molecular weight is 268 g/mol. The lowest BCUT2D eigenvalue weighted by Gasteiger charge is -2.28. The monoisotopic (exact) mass is 268 g/mol. The van der Waals surface area contributed by atoms with Crippen LogP contribution in [0.4, 0.5) is 0 Å². The van der Waals surface area contributed by atoms with Crippen LogP contribution in [0.3, 0.4) is 0 Å². The maximum atomic E-state index is 11.7. The van der Waals surface area contributed by atoms with Crippen molar-refractivity contribution in [1.82, 2.24) is 10.6 Å². The Morgan fingerprint density at radius 3 is 2.53 bits per heavy atom. The molecule has 3 N–H and O–H groups in total. The minimum Gasteiger partial charge on any atom is -0.481 e. The first-order chi connectivity index (χ1) is 9.16. The van der Waals surface area contributed by atoms with Gasteiger partial charge in [0.05, 0.1) is 5.92 Å². The SMILES string of the molecule is O=C(CCNC1CC1)NCC1CCCCC1C(=O)O. The number of carbonyl (C=O) groups excluding carboxylic acids is 1. The van der Waals surface area contributed by atoms with Crippen LogP contribution in [-0.4, -0.2) is 36.1 Å². The number of rotatable bonds is 7. The van der Waals surface area contributed by atoms with Gasteiger partial charge >= 0.3 is 5.97 Å². The lowest BCUT2D eigenvalue weighted by Crippen LogP contribution is -2.38. The third kappa shape index (κ3) is 4.82. The van der Waals surface area contributed by atoms with Crippen molar-refractivity contribution in [2.24, 2.45) is 11.8 Å². The Kier molecular flexibility index (Phi) is 5.19. The largest absolute Gasteiger partial charge is 0.481 e. The Balaban J connectivity index is 1.64. The van der Waals surface area contributed by atoms with Crippen LogP contribution in [-0.2, 0) is 9.59 Å². The van der Waals surface area contributed by atoms with Gasteiger partial charge in [0.25, 0.3) is 0 Å². The van der Waals surface area contributed by atoms with Gasteiger partial charge < -0.3 is 15.7 Å². The Bertz CT molecular complexity index is 329. The third-order valence-corrected chi connectivity index (χ3v) is 4.15. The summed E-state index contributed by atoms with van der Waals surface area (Å²) in [5, 5.41) is 15.3. The summed E-state index contributed by atoms with van der Waals surface area (Å²) in [4.78, 5) is 22.8. The molecule has 0 aromatic rings. The quantitative estimate of drug-likeness (QED) is 0.647. The van der Waals surface area contributed by atoms with E-state index in [0.717, 1.165) is 32.2 Å². The summed E-state index contributed by atoms with van der Waals surface area (Å²) in [6.45, 7) is 1.24. The van der Waals surface area contributed by atoms with Crippen molar-refractivity contribution in [1.29, 1.82) is 0 Å². The molecule has 2 saturated carbocycles. The van der Waals surface area contributed by atoms with Crippen molar-refractivity contribution in [3.63, 3.8) is 0 Å². The van der Waals surface area contributed by atoms with Crippen LogP contribution in [0.2, 0.25) is 0 Å². The number of hydrogen-bond acceptors (Lipinski definition) is 3. The summed E-state index contributed by atoms with van der Waals surface area (Å²) < 4.78 is 0. The molecule has 5 nitrogen and oxygen atoms in total. The van der Waals surface area contributed by atoms with E-state index < -0.39 is 5.97 Å². The number of nitrogens with one attached hydrogen (secondary N) is 2. The van der Waals surface area contributed by atoms with E-state index in [4.69, 9.17) is 5.11 Å². The predicted octanol–water partition coefficient (Wildman–Crippen LogP) is 1.14. The van der Waals surface area contributed by atoms with Gasteiger partial charge in [0.1, 0.15) is 0 Å². The summed E-state index contributed by atoms with van der Waals surface area (Å²) in [5.41, 5.74) is 0.